The van der Waals surface area contributed by atoms with Gasteiger partial charge in [0, 0.05) is 16.6 Å². The lowest BCUT2D eigenvalue weighted by Crippen LogP contribution is -2.41. The van der Waals surface area contributed by atoms with Gasteiger partial charge in [-0.15, -0.1) is 0 Å². The van der Waals surface area contributed by atoms with Gasteiger partial charge in [-0.3, -0.25) is 9.59 Å². The number of aryl methyl sites for hydroxylation is 1. The third-order valence-corrected chi connectivity index (χ3v) is 6.22. The number of carbonyl (C=O) groups is 2. The molecule has 0 bridgehead atoms. The Morgan fingerprint density at radius 2 is 1.83 bits per heavy atom. The van der Waals surface area contributed by atoms with Crippen LogP contribution in [0, 0.1) is 6.92 Å². The third-order valence-electron chi connectivity index (χ3n) is 5.33. The van der Waals surface area contributed by atoms with E-state index in [4.69, 9.17) is 14.2 Å². The molecule has 0 N–H and O–H groups in total. The van der Waals surface area contributed by atoms with Gasteiger partial charge in [-0.2, -0.15) is 0 Å². The Morgan fingerprint density at radius 1 is 1.13 bits per heavy atom. The summed E-state index contributed by atoms with van der Waals surface area (Å²) in [5.74, 6) is 0.753. The molecule has 2 aromatic rings. The van der Waals surface area contributed by atoms with Crippen LogP contribution >= 0.6 is 15.9 Å². The van der Waals surface area contributed by atoms with E-state index in [0.29, 0.717) is 36.6 Å². The SMILES string of the molecule is CCOC(=O)CC1c2cc(OC)c(OC)cc2CCN1C(=O)c1ccc(Br)c(C)c1. The number of benzene rings is 2. The molecule has 2 aromatic carbocycles. The topological polar surface area (TPSA) is 65.1 Å². The van der Waals surface area contributed by atoms with E-state index in [9.17, 15) is 9.59 Å². The molecule has 1 aliphatic rings. The summed E-state index contributed by atoms with van der Waals surface area (Å²) < 4.78 is 17.0. The number of hydrogen-bond acceptors (Lipinski definition) is 5. The minimum Gasteiger partial charge on any atom is -0.493 e. The Morgan fingerprint density at radius 3 is 2.47 bits per heavy atom. The number of amides is 1. The molecule has 1 heterocycles. The lowest BCUT2D eigenvalue weighted by molar-refractivity contribution is -0.144. The van der Waals surface area contributed by atoms with E-state index in [1.54, 1.807) is 32.1 Å². The monoisotopic (exact) mass is 475 g/mol. The van der Waals surface area contributed by atoms with Crippen molar-refractivity contribution in [3.05, 3.63) is 57.1 Å². The fourth-order valence-corrected chi connectivity index (χ4v) is 4.06. The first kappa shape index (κ1) is 22.2. The van der Waals surface area contributed by atoms with Crippen molar-refractivity contribution in [2.45, 2.75) is 32.7 Å². The smallest absolute Gasteiger partial charge is 0.308 e. The summed E-state index contributed by atoms with van der Waals surface area (Å²) in [6, 6.07) is 8.88. The van der Waals surface area contributed by atoms with Gasteiger partial charge in [-0.1, -0.05) is 15.9 Å². The molecule has 0 radical (unpaired) electrons. The molecule has 6 nitrogen and oxygen atoms in total. The number of rotatable bonds is 6. The second-order valence-electron chi connectivity index (χ2n) is 7.14. The van der Waals surface area contributed by atoms with Gasteiger partial charge in [0.2, 0.25) is 0 Å². The van der Waals surface area contributed by atoms with E-state index in [1.807, 2.05) is 31.2 Å². The highest BCUT2D eigenvalue weighted by Gasteiger charge is 2.34. The van der Waals surface area contributed by atoms with Crippen LogP contribution in [0.4, 0.5) is 0 Å². The lowest BCUT2D eigenvalue weighted by Gasteiger charge is -2.37. The number of halogens is 1. The van der Waals surface area contributed by atoms with E-state index in [1.165, 1.54) is 0 Å². The maximum atomic E-state index is 13.4. The summed E-state index contributed by atoms with van der Waals surface area (Å²) >= 11 is 3.48. The molecule has 7 heteroatoms. The normalized spacial score (nSPS) is 15.4. The van der Waals surface area contributed by atoms with Crippen molar-refractivity contribution in [1.29, 1.82) is 0 Å². The van der Waals surface area contributed by atoms with E-state index >= 15 is 0 Å². The highest BCUT2D eigenvalue weighted by molar-refractivity contribution is 9.10. The first-order chi connectivity index (χ1) is 14.4. The Hall–Kier alpha value is -2.54. The third kappa shape index (κ3) is 4.46. The Kier molecular flexibility index (Phi) is 7.02. The molecule has 3 rings (SSSR count). The number of methoxy groups -OCH3 is 2. The molecule has 30 heavy (non-hydrogen) atoms. The van der Waals surface area contributed by atoms with Crippen LogP contribution in [0.5, 0.6) is 11.5 Å². The van der Waals surface area contributed by atoms with Gasteiger partial charge in [0.15, 0.2) is 11.5 Å². The largest absolute Gasteiger partial charge is 0.493 e. The summed E-state index contributed by atoms with van der Waals surface area (Å²) in [5.41, 5.74) is 3.49. The number of carbonyl (C=O) groups excluding carboxylic acids is 2. The van der Waals surface area contributed by atoms with Gasteiger partial charge >= 0.3 is 5.97 Å². The van der Waals surface area contributed by atoms with Crippen LogP contribution in [0.3, 0.4) is 0 Å². The van der Waals surface area contributed by atoms with Crippen LogP contribution in [-0.4, -0.2) is 44.1 Å². The number of fused-ring (bicyclic) bond motifs is 1. The van der Waals surface area contributed by atoms with Crippen LogP contribution in [0.1, 0.15) is 46.4 Å². The van der Waals surface area contributed by atoms with Crippen LogP contribution in [0.25, 0.3) is 0 Å². The Labute approximate surface area is 185 Å². The zero-order valence-electron chi connectivity index (χ0n) is 17.7. The average Bonchev–Trinajstić information content (AvgIpc) is 2.74. The fourth-order valence-electron chi connectivity index (χ4n) is 3.81. The Bertz CT molecular complexity index is 959. The van der Waals surface area contributed by atoms with Gasteiger partial charge in [0.1, 0.15) is 0 Å². The molecule has 0 aromatic heterocycles. The molecule has 0 saturated heterocycles. The first-order valence-electron chi connectivity index (χ1n) is 9.87. The van der Waals surface area contributed by atoms with E-state index in [2.05, 4.69) is 15.9 Å². The maximum Gasteiger partial charge on any atom is 0.308 e. The van der Waals surface area contributed by atoms with Crippen molar-refractivity contribution >= 4 is 27.8 Å². The van der Waals surface area contributed by atoms with Gasteiger partial charge in [-0.25, -0.2) is 0 Å². The molecule has 0 spiro atoms. The van der Waals surface area contributed by atoms with Crippen molar-refractivity contribution in [2.24, 2.45) is 0 Å². The molecule has 1 amide bonds. The summed E-state index contributed by atoms with van der Waals surface area (Å²) in [6.45, 7) is 4.51. The average molecular weight is 476 g/mol. The van der Waals surface area contributed by atoms with Crippen molar-refractivity contribution in [1.82, 2.24) is 4.90 Å². The minimum atomic E-state index is -0.441. The number of hydrogen-bond donors (Lipinski definition) is 0. The summed E-state index contributed by atoms with van der Waals surface area (Å²) in [5, 5.41) is 0. The highest BCUT2D eigenvalue weighted by Crippen LogP contribution is 2.40. The molecule has 160 valence electrons. The van der Waals surface area contributed by atoms with E-state index in [0.717, 1.165) is 21.2 Å². The summed E-state index contributed by atoms with van der Waals surface area (Å²) in [6.07, 6.45) is 0.744. The quantitative estimate of drug-likeness (QED) is 0.576. The van der Waals surface area contributed by atoms with Crippen LogP contribution in [0.15, 0.2) is 34.8 Å². The predicted octanol–water partition coefficient (Wildman–Crippen LogP) is 4.47. The van der Waals surface area contributed by atoms with Crippen molar-refractivity contribution in [3.8, 4) is 11.5 Å². The van der Waals surface area contributed by atoms with Gasteiger partial charge in [0.05, 0.1) is 33.3 Å². The van der Waals surface area contributed by atoms with Gasteiger partial charge in [-0.05, 0) is 67.3 Å². The first-order valence-corrected chi connectivity index (χ1v) is 10.7. The number of esters is 1. The summed E-state index contributed by atoms with van der Waals surface area (Å²) in [7, 11) is 3.16. The number of nitrogens with zero attached hydrogens (tertiary/aromatic N) is 1. The predicted molar refractivity (Wildman–Crippen MR) is 117 cm³/mol. The van der Waals surface area contributed by atoms with Crippen LogP contribution in [0.2, 0.25) is 0 Å². The van der Waals surface area contributed by atoms with Crippen molar-refractivity contribution in [3.63, 3.8) is 0 Å². The second-order valence-corrected chi connectivity index (χ2v) is 8.00. The van der Waals surface area contributed by atoms with Crippen molar-refractivity contribution in [2.75, 3.05) is 27.4 Å². The molecular formula is C23H26BrNO5. The number of ether oxygens (including phenoxy) is 3. The van der Waals surface area contributed by atoms with Gasteiger partial charge < -0.3 is 19.1 Å². The molecule has 0 saturated carbocycles. The van der Waals surface area contributed by atoms with E-state index < -0.39 is 6.04 Å². The summed E-state index contributed by atoms with van der Waals surface area (Å²) in [4.78, 5) is 27.5. The molecular weight excluding hydrogens is 450 g/mol. The molecule has 1 atom stereocenters. The van der Waals surface area contributed by atoms with Crippen LogP contribution < -0.4 is 9.47 Å². The second kappa shape index (κ2) is 9.51. The van der Waals surface area contributed by atoms with Crippen LogP contribution in [-0.2, 0) is 16.0 Å². The highest BCUT2D eigenvalue weighted by atomic mass is 79.9. The minimum absolute atomic E-state index is 0.0809. The molecule has 0 fully saturated rings. The lowest BCUT2D eigenvalue weighted by atomic mass is 9.89. The molecule has 1 aliphatic heterocycles. The van der Waals surface area contributed by atoms with Crippen molar-refractivity contribution < 1.29 is 23.8 Å². The molecule has 0 aliphatic carbocycles. The van der Waals surface area contributed by atoms with E-state index in [-0.39, 0.29) is 18.3 Å². The Balaban J connectivity index is 2.03. The maximum absolute atomic E-state index is 13.4. The standard InChI is InChI=1S/C23H26BrNO5/c1-5-30-22(26)13-19-17-12-21(29-4)20(28-3)11-15(17)8-9-25(19)23(27)16-6-7-18(24)14(2)10-16/h6-7,10-12,19H,5,8-9,13H2,1-4H3. The molecule has 1 unspecified atom stereocenters. The fraction of sp³-hybridized carbons (Fsp3) is 0.391. The van der Waals surface area contributed by atoms with Gasteiger partial charge in [0.25, 0.3) is 5.91 Å². The zero-order chi connectivity index (χ0) is 21.8. The zero-order valence-corrected chi connectivity index (χ0v) is 19.2.